The summed E-state index contributed by atoms with van der Waals surface area (Å²) in [5.74, 6) is 5.59. The van der Waals surface area contributed by atoms with E-state index in [-0.39, 0.29) is 11.5 Å². The van der Waals surface area contributed by atoms with Crippen LogP contribution in [0.15, 0.2) is 12.1 Å². The number of rotatable bonds is 3. The molecule has 0 spiro atoms. The van der Waals surface area contributed by atoms with E-state index in [9.17, 15) is 14.7 Å². The van der Waals surface area contributed by atoms with Gasteiger partial charge in [0.05, 0.1) is 5.56 Å². The molecule has 0 atom stereocenters. The van der Waals surface area contributed by atoms with Gasteiger partial charge in [0.15, 0.2) is 5.78 Å². The van der Waals surface area contributed by atoms with Gasteiger partial charge in [0.25, 0.3) is 0 Å². The highest BCUT2D eigenvalue weighted by molar-refractivity contribution is 5.97. The second kappa shape index (κ2) is 7.68. The normalized spacial score (nSPS) is 10.5. The summed E-state index contributed by atoms with van der Waals surface area (Å²) in [4.78, 5) is 22.8. The molecule has 0 bridgehead atoms. The van der Waals surface area contributed by atoms with Crippen LogP contribution in [0.4, 0.5) is 4.79 Å². The summed E-state index contributed by atoms with van der Waals surface area (Å²) in [6, 6.07) is 3.11. The average molecular weight is 317 g/mol. The Morgan fingerprint density at radius 3 is 2.52 bits per heavy atom. The van der Waals surface area contributed by atoms with Crippen molar-refractivity contribution in [3.63, 3.8) is 0 Å². The van der Waals surface area contributed by atoms with Gasteiger partial charge in [-0.3, -0.25) is 4.79 Å². The van der Waals surface area contributed by atoms with Gasteiger partial charge in [0, 0.05) is 18.5 Å². The van der Waals surface area contributed by atoms with Gasteiger partial charge in [-0.05, 0) is 52.3 Å². The molecule has 124 valence electrons. The number of benzene rings is 1. The van der Waals surface area contributed by atoms with Crippen molar-refractivity contribution in [2.24, 2.45) is 0 Å². The molecule has 0 heterocycles. The molecule has 23 heavy (non-hydrogen) atoms. The summed E-state index contributed by atoms with van der Waals surface area (Å²) in [5, 5.41) is 12.4. The Labute approximate surface area is 137 Å². The molecule has 2 N–H and O–H groups in total. The molecule has 0 saturated heterocycles. The fraction of sp³-hybridized carbons (Fsp3) is 0.444. The van der Waals surface area contributed by atoms with Gasteiger partial charge in [-0.1, -0.05) is 11.8 Å². The van der Waals surface area contributed by atoms with Crippen LogP contribution in [0, 0.1) is 18.8 Å². The first kappa shape index (κ1) is 18.6. The van der Waals surface area contributed by atoms with Crippen LogP contribution >= 0.6 is 0 Å². The zero-order valence-electron chi connectivity index (χ0n) is 14.2. The molecule has 0 fully saturated rings. The third kappa shape index (κ3) is 6.43. The number of alkyl carbamates (subject to hydrolysis) is 1. The van der Waals surface area contributed by atoms with E-state index in [4.69, 9.17) is 4.74 Å². The van der Waals surface area contributed by atoms with Crippen LogP contribution in [0.5, 0.6) is 5.75 Å². The summed E-state index contributed by atoms with van der Waals surface area (Å²) < 4.78 is 5.11. The molecular formula is C18H23NO4. The molecule has 1 amide bonds. The minimum absolute atomic E-state index is 0.0701. The Balaban J connectivity index is 2.59. The lowest BCUT2D eigenvalue weighted by Gasteiger charge is -2.19. The van der Waals surface area contributed by atoms with E-state index in [2.05, 4.69) is 17.2 Å². The summed E-state index contributed by atoms with van der Waals surface area (Å²) in [6.07, 6.45) is -0.0209. The number of phenolic OH excluding ortho intramolecular Hbond substituents is 1. The van der Waals surface area contributed by atoms with Gasteiger partial charge < -0.3 is 15.2 Å². The first-order valence-corrected chi connectivity index (χ1v) is 7.40. The van der Waals surface area contributed by atoms with Crippen molar-refractivity contribution >= 4 is 11.9 Å². The maximum atomic E-state index is 11.4. The predicted octanol–water partition coefficient (Wildman–Crippen LogP) is 3.17. The van der Waals surface area contributed by atoms with Crippen molar-refractivity contribution in [3.8, 4) is 17.6 Å². The van der Waals surface area contributed by atoms with E-state index >= 15 is 0 Å². The number of hydrogen-bond acceptors (Lipinski definition) is 4. The van der Waals surface area contributed by atoms with Crippen molar-refractivity contribution < 1.29 is 19.4 Å². The first-order valence-electron chi connectivity index (χ1n) is 7.40. The van der Waals surface area contributed by atoms with Crippen LogP contribution in [0.1, 0.15) is 55.6 Å². The van der Waals surface area contributed by atoms with E-state index in [0.29, 0.717) is 24.1 Å². The number of carbonyl (C=O) groups is 2. The molecule has 0 aliphatic carbocycles. The van der Waals surface area contributed by atoms with Gasteiger partial charge in [-0.25, -0.2) is 4.79 Å². The highest BCUT2D eigenvalue weighted by Crippen LogP contribution is 2.22. The number of amides is 1. The number of phenols is 1. The van der Waals surface area contributed by atoms with E-state index in [0.717, 1.165) is 5.56 Å². The van der Waals surface area contributed by atoms with Crippen LogP contribution < -0.4 is 5.32 Å². The third-order valence-corrected chi connectivity index (χ3v) is 2.86. The fourth-order valence-corrected chi connectivity index (χ4v) is 1.81. The minimum Gasteiger partial charge on any atom is -0.507 e. The molecule has 1 rings (SSSR count). The number of ether oxygens (including phenoxy) is 1. The summed E-state index contributed by atoms with van der Waals surface area (Å²) in [5.41, 5.74) is 1.24. The van der Waals surface area contributed by atoms with E-state index in [1.54, 1.807) is 26.8 Å². The second-order valence-corrected chi connectivity index (χ2v) is 6.22. The van der Waals surface area contributed by atoms with Gasteiger partial charge >= 0.3 is 6.09 Å². The number of aryl methyl sites for hydroxylation is 1. The van der Waals surface area contributed by atoms with Crippen LogP contribution in [-0.4, -0.2) is 29.1 Å². The highest BCUT2D eigenvalue weighted by atomic mass is 16.6. The van der Waals surface area contributed by atoms with Gasteiger partial charge in [0.1, 0.15) is 11.4 Å². The number of hydrogen-bond donors (Lipinski definition) is 2. The molecular weight excluding hydrogens is 294 g/mol. The van der Waals surface area contributed by atoms with Crippen LogP contribution in [0.3, 0.4) is 0 Å². The minimum atomic E-state index is -0.525. The number of ketones is 1. The lowest BCUT2D eigenvalue weighted by molar-refractivity contribution is 0.0529. The van der Waals surface area contributed by atoms with Gasteiger partial charge in [-0.2, -0.15) is 0 Å². The van der Waals surface area contributed by atoms with Crippen molar-refractivity contribution in [1.29, 1.82) is 0 Å². The van der Waals surface area contributed by atoms with Gasteiger partial charge in [-0.15, -0.1) is 0 Å². The van der Waals surface area contributed by atoms with Crippen molar-refractivity contribution in [2.75, 3.05) is 6.54 Å². The SMILES string of the molecule is CC(=O)c1cc(C)c(C#CCCNC(=O)OC(C)(C)C)cc1O. The average Bonchev–Trinajstić information content (AvgIpc) is 2.39. The molecule has 5 heteroatoms. The molecule has 0 aromatic heterocycles. The molecule has 0 saturated carbocycles. The second-order valence-electron chi connectivity index (χ2n) is 6.22. The van der Waals surface area contributed by atoms with Crippen LogP contribution in [-0.2, 0) is 4.74 Å². The maximum Gasteiger partial charge on any atom is 0.407 e. The van der Waals surface area contributed by atoms with Crippen LogP contribution in [0.2, 0.25) is 0 Å². The summed E-state index contributed by atoms with van der Waals surface area (Å²) in [6.45, 7) is 9.00. The number of carbonyl (C=O) groups excluding carboxylic acids is 2. The Kier molecular flexibility index (Phi) is 6.20. The zero-order valence-corrected chi connectivity index (χ0v) is 14.2. The summed E-state index contributed by atoms with van der Waals surface area (Å²) >= 11 is 0. The number of nitrogens with one attached hydrogen (secondary N) is 1. The molecule has 5 nitrogen and oxygen atoms in total. The Morgan fingerprint density at radius 2 is 1.96 bits per heavy atom. The summed E-state index contributed by atoms with van der Waals surface area (Å²) in [7, 11) is 0. The Hall–Kier alpha value is -2.48. The van der Waals surface area contributed by atoms with E-state index in [1.165, 1.54) is 13.0 Å². The van der Waals surface area contributed by atoms with Crippen molar-refractivity contribution in [1.82, 2.24) is 5.32 Å². The van der Waals surface area contributed by atoms with E-state index < -0.39 is 11.7 Å². The van der Waals surface area contributed by atoms with Gasteiger partial charge in [0.2, 0.25) is 0 Å². The Morgan fingerprint density at radius 1 is 1.30 bits per heavy atom. The molecule has 1 aromatic rings. The smallest absolute Gasteiger partial charge is 0.407 e. The highest BCUT2D eigenvalue weighted by Gasteiger charge is 2.15. The standard InChI is InChI=1S/C18H23NO4/c1-12-10-15(13(2)20)16(21)11-14(12)8-6-7-9-19-17(22)23-18(3,4)5/h10-11,21H,7,9H2,1-5H3,(H,19,22). The fourth-order valence-electron chi connectivity index (χ4n) is 1.81. The predicted molar refractivity (Wildman–Crippen MR) is 88.6 cm³/mol. The maximum absolute atomic E-state index is 11.4. The Bertz CT molecular complexity index is 660. The first-order chi connectivity index (χ1) is 10.6. The number of aromatic hydroxyl groups is 1. The van der Waals surface area contributed by atoms with Crippen LogP contribution in [0.25, 0.3) is 0 Å². The van der Waals surface area contributed by atoms with Crippen molar-refractivity contribution in [3.05, 3.63) is 28.8 Å². The lowest BCUT2D eigenvalue weighted by atomic mass is 10.0. The molecule has 0 aliphatic rings. The lowest BCUT2D eigenvalue weighted by Crippen LogP contribution is -2.32. The van der Waals surface area contributed by atoms with Crippen molar-refractivity contribution in [2.45, 2.75) is 46.6 Å². The van der Waals surface area contributed by atoms with E-state index in [1.807, 2.05) is 6.92 Å². The molecule has 0 aliphatic heterocycles. The zero-order chi connectivity index (χ0) is 17.6. The molecule has 1 aromatic carbocycles. The third-order valence-electron chi connectivity index (χ3n) is 2.86. The molecule has 0 radical (unpaired) electrons. The number of Topliss-reactive ketones (excluding diaryl/α,β-unsaturated/α-hetero) is 1. The quantitative estimate of drug-likeness (QED) is 0.510. The monoisotopic (exact) mass is 317 g/mol. The topological polar surface area (TPSA) is 75.6 Å². The molecule has 0 unspecified atom stereocenters. The largest absolute Gasteiger partial charge is 0.507 e.